The number of anilines is 1. The highest BCUT2D eigenvalue weighted by Gasteiger charge is 2.13. The third-order valence-corrected chi connectivity index (χ3v) is 2.95. The van der Waals surface area contributed by atoms with E-state index in [-0.39, 0.29) is 10.0 Å². The molecule has 0 aliphatic carbocycles. The fourth-order valence-electron chi connectivity index (χ4n) is 1.34. The molecule has 2 N–H and O–H groups in total. The van der Waals surface area contributed by atoms with E-state index >= 15 is 0 Å². The van der Waals surface area contributed by atoms with Gasteiger partial charge in [0.15, 0.2) is 5.82 Å². The topological polar surface area (TPSA) is 57.8 Å². The van der Waals surface area contributed by atoms with Crippen LogP contribution in [0.4, 0.5) is 10.2 Å². The fraction of sp³-hybridized carbons (Fsp3) is 0.0909. The minimum absolute atomic E-state index is 0.143. The van der Waals surface area contributed by atoms with Crippen molar-refractivity contribution >= 4 is 27.7 Å². The molecule has 88 valence electrons. The highest BCUT2D eigenvalue weighted by Crippen LogP contribution is 2.21. The standard InChI is InChI=1S/C11H9BrFN3O/c1-6-5-9(16-15-6)14-11(17)7-3-2-4-8(13)10(7)12/h2-5H,1H3,(H2,14,15,16,17). The van der Waals surface area contributed by atoms with Crippen LogP contribution in [0.15, 0.2) is 28.7 Å². The van der Waals surface area contributed by atoms with Crippen LogP contribution >= 0.6 is 15.9 Å². The lowest BCUT2D eigenvalue weighted by Gasteiger charge is -2.04. The lowest BCUT2D eigenvalue weighted by molar-refractivity contribution is 0.102. The Balaban J connectivity index is 2.23. The molecule has 0 fully saturated rings. The Morgan fingerprint density at radius 1 is 1.53 bits per heavy atom. The van der Waals surface area contributed by atoms with E-state index in [1.54, 1.807) is 6.07 Å². The number of halogens is 2. The molecule has 0 atom stereocenters. The zero-order chi connectivity index (χ0) is 12.4. The van der Waals surface area contributed by atoms with Crippen molar-refractivity contribution in [2.24, 2.45) is 0 Å². The molecule has 0 saturated heterocycles. The van der Waals surface area contributed by atoms with E-state index in [0.29, 0.717) is 5.82 Å². The van der Waals surface area contributed by atoms with Gasteiger partial charge in [0.1, 0.15) is 5.82 Å². The molecule has 1 aromatic carbocycles. The first kappa shape index (κ1) is 11.8. The highest BCUT2D eigenvalue weighted by atomic mass is 79.9. The summed E-state index contributed by atoms with van der Waals surface area (Å²) in [5.41, 5.74) is 1.06. The van der Waals surface area contributed by atoms with Crippen LogP contribution in [0.5, 0.6) is 0 Å². The molecule has 2 rings (SSSR count). The monoisotopic (exact) mass is 297 g/mol. The molecule has 17 heavy (non-hydrogen) atoms. The maximum absolute atomic E-state index is 13.2. The van der Waals surface area contributed by atoms with Crippen molar-refractivity contribution in [1.82, 2.24) is 10.2 Å². The first-order chi connectivity index (χ1) is 8.08. The number of benzene rings is 1. The number of nitrogens with zero attached hydrogens (tertiary/aromatic N) is 1. The lowest BCUT2D eigenvalue weighted by atomic mass is 10.2. The van der Waals surface area contributed by atoms with E-state index in [9.17, 15) is 9.18 Å². The van der Waals surface area contributed by atoms with Crippen molar-refractivity contribution in [1.29, 1.82) is 0 Å². The van der Waals surface area contributed by atoms with Gasteiger partial charge in [-0.25, -0.2) is 4.39 Å². The molecule has 1 amide bonds. The van der Waals surface area contributed by atoms with E-state index in [1.165, 1.54) is 18.2 Å². The van der Waals surface area contributed by atoms with E-state index in [0.717, 1.165) is 5.69 Å². The zero-order valence-corrected chi connectivity index (χ0v) is 10.5. The van der Waals surface area contributed by atoms with Crippen molar-refractivity contribution in [2.75, 3.05) is 5.32 Å². The fourth-order valence-corrected chi connectivity index (χ4v) is 1.79. The van der Waals surface area contributed by atoms with E-state index in [2.05, 4.69) is 31.4 Å². The summed E-state index contributed by atoms with van der Waals surface area (Å²) in [5, 5.41) is 9.14. The first-order valence-corrected chi connectivity index (χ1v) is 5.64. The molecule has 4 nitrogen and oxygen atoms in total. The lowest BCUT2D eigenvalue weighted by Crippen LogP contribution is -2.13. The summed E-state index contributed by atoms with van der Waals surface area (Å²) in [6.07, 6.45) is 0. The number of carbonyl (C=O) groups is 1. The van der Waals surface area contributed by atoms with Crippen LogP contribution in [0.3, 0.4) is 0 Å². The molecule has 0 saturated carbocycles. The molecule has 2 aromatic rings. The molecular weight excluding hydrogens is 289 g/mol. The van der Waals surface area contributed by atoms with Crippen molar-refractivity contribution < 1.29 is 9.18 Å². The molecule has 0 radical (unpaired) electrons. The number of hydrogen-bond acceptors (Lipinski definition) is 2. The summed E-state index contributed by atoms with van der Waals surface area (Å²) < 4.78 is 13.4. The Morgan fingerprint density at radius 3 is 2.94 bits per heavy atom. The highest BCUT2D eigenvalue weighted by molar-refractivity contribution is 9.10. The smallest absolute Gasteiger partial charge is 0.258 e. The number of carbonyl (C=O) groups excluding carboxylic acids is 1. The van der Waals surface area contributed by atoms with E-state index in [4.69, 9.17) is 0 Å². The van der Waals surface area contributed by atoms with Gasteiger partial charge in [0.2, 0.25) is 0 Å². The summed E-state index contributed by atoms with van der Waals surface area (Å²) in [5.74, 6) is -0.484. The second-order valence-corrected chi connectivity index (χ2v) is 4.28. The van der Waals surface area contributed by atoms with Crippen LogP contribution in [0, 0.1) is 12.7 Å². The Labute approximate surface area is 105 Å². The van der Waals surface area contributed by atoms with Crippen molar-refractivity contribution in [3.8, 4) is 0 Å². The van der Waals surface area contributed by atoms with Crippen molar-refractivity contribution in [3.63, 3.8) is 0 Å². The molecule has 0 aliphatic rings. The van der Waals surface area contributed by atoms with Crippen LogP contribution in [0.25, 0.3) is 0 Å². The maximum atomic E-state index is 13.2. The Kier molecular flexibility index (Phi) is 3.23. The molecule has 1 aromatic heterocycles. The van der Waals surface area contributed by atoms with Gasteiger partial charge in [-0.15, -0.1) is 0 Å². The minimum atomic E-state index is -0.476. The molecule has 0 bridgehead atoms. The molecule has 1 heterocycles. The van der Waals surface area contributed by atoms with Crippen LogP contribution in [-0.2, 0) is 0 Å². The van der Waals surface area contributed by atoms with Gasteiger partial charge < -0.3 is 5.32 Å². The van der Waals surface area contributed by atoms with Gasteiger partial charge in [-0.2, -0.15) is 5.10 Å². The Morgan fingerprint density at radius 2 is 2.29 bits per heavy atom. The summed E-state index contributed by atoms with van der Waals surface area (Å²) in [7, 11) is 0. The molecular formula is C11H9BrFN3O. The molecule has 0 aliphatic heterocycles. The van der Waals surface area contributed by atoms with Gasteiger partial charge in [0.05, 0.1) is 10.0 Å². The van der Waals surface area contributed by atoms with Crippen molar-refractivity contribution in [3.05, 3.63) is 45.8 Å². The van der Waals surface area contributed by atoms with Crippen molar-refractivity contribution in [2.45, 2.75) is 6.92 Å². The second-order valence-electron chi connectivity index (χ2n) is 3.49. The summed E-state index contributed by atoms with van der Waals surface area (Å²) >= 11 is 3.04. The van der Waals surface area contributed by atoms with Gasteiger partial charge in [0, 0.05) is 11.8 Å². The van der Waals surface area contributed by atoms with Gasteiger partial charge in [0.25, 0.3) is 5.91 Å². The van der Waals surface area contributed by atoms with Gasteiger partial charge in [-0.1, -0.05) is 6.07 Å². The minimum Gasteiger partial charge on any atom is -0.305 e. The van der Waals surface area contributed by atoms with E-state index in [1.807, 2.05) is 6.92 Å². The quantitative estimate of drug-likeness (QED) is 0.895. The van der Waals surface area contributed by atoms with Crippen LogP contribution < -0.4 is 5.32 Å². The number of aromatic amines is 1. The predicted molar refractivity (Wildman–Crippen MR) is 65.4 cm³/mol. The number of aryl methyl sites for hydroxylation is 1. The number of rotatable bonds is 2. The number of nitrogens with one attached hydrogen (secondary N) is 2. The largest absolute Gasteiger partial charge is 0.305 e. The Bertz CT molecular complexity index is 568. The molecule has 0 spiro atoms. The molecule has 0 unspecified atom stereocenters. The van der Waals surface area contributed by atoms with E-state index < -0.39 is 11.7 Å². The summed E-state index contributed by atoms with van der Waals surface area (Å²) in [4.78, 5) is 11.8. The molecule has 6 heteroatoms. The predicted octanol–water partition coefficient (Wildman–Crippen LogP) is 2.87. The number of amides is 1. The van der Waals surface area contributed by atoms with Gasteiger partial charge in [-0.3, -0.25) is 9.89 Å². The number of aromatic nitrogens is 2. The second kappa shape index (κ2) is 4.67. The third-order valence-electron chi connectivity index (χ3n) is 2.14. The SMILES string of the molecule is Cc1cc(NC(=O)c2cccc(F)c2Br)n[nH]1. The number of H-pyrrole nitrogens is 1. The third kappa shape index (κ3) is 2.52. The first-order valence-electron chi connectivity index (χ1n) is 4.85. The normalized spacial score (nSPS) is 10.3. The average Bonchev–Trinajstić information content (AvgIpc) is 2.68. The summed E-state index contributed by atoms with van der Waals surface area (Å²) in [6.45, 7) is 1.82. The van der Waals surface area contributed by atoms with Crippen LogP contribution in [-0.4, -0.2) is 16.1 Å². The van der Waals surface area contributed by atoms with Crippen LogP contribution in [0.1, 0.15) is 16.1 Å². The van der Waals surface area contributed by atoms with Gasteiger partial charge >= 0.3 is 0 Å². The maximum Gasteiger partial charge on any atom is 0.258 e. The van der Waals surface area contributed by atoms with Gasteiger partial charge in [-0.05, 0) is 35.0 Å². The van der Waals surface area contributed by atoms with Crippen LogP contribution in [0.2, 0.25) is 0 Å². The summed E-state index contributed by atoms with van der Waals surface area (Å²) in [6, 6.07) is 5.97. The number of hydrogen-bond donors (Lipinski definition) is 2. The average molecular weight is 298 g/mol. The zero-order valence-electron chi connectivity index (χ0n) is 8.92. The Hall–Kier alpha value is -1.69.